The fourth-order valence-electron chi connectivity index (χ4n) is 1.56. The van der Waals surface area contributed by atoms with Crippen LogP contribution in [0.15, 0.2) is 40.3 Å². The van der Waals surface area contributed by atoms with Gasteiger partial charge in [-0.25, -0.2) is 0 Å². The molecular weight excluding hydrogens is 258 g/mol. The average Bonchev–Trinajstić information content (AvgIpc) is 2.57. The summed E-state index contributed by atoms with van der Waals surface area (Å²) < 4.78 is 2.46. The number of pyridine rings is 1. The van der Waals surface area contributed by atoms with Crippen molar-refractivity contribution in [2.24, 2.45) is 0 Å². The molecule has 0 bridgehead atoms. The monoisotopic (exact) mass is 263 g/mol. The quantitative estimate of drug-likeness (QED) is 0.592. The molecule has 0 saturated heterocycles. The third-order valence-corrected chi connectivity index (χ3v) is 4.16. The molecule has 0 saturated carbocycles. The molecule has 0 unspecified atom stereocenters. The molecule has 1 aromatic carbocycles. The summed E-state index contributed by atoms with van der Waals surface area (Å²) in [5.74, 6) is 0. The first-order valence-electron chi connectivity index (χ1n) is 4.26. The molecule has 0 aliphatic rings. The number of nitrogens with zero attached hydrogens (tertiary/aromatic N) is 1. The van der Waals surface area contributed by atoms with Crippen molar-refractivity contribution in [3.63, 3.8) is 0 Å². The number of hydrogen-bond donors (Lipinski definition) is 0. The largest absolute Gasteiger partial charge is 0.256 e. The SMILES string of the molecule is Brc1csc2cc3cccnc3cc12. The van der Waals surface area contributed by atoms with E-state index in [1.54, 1.807) is 11.3 Å². The van der Waals surface area contributed by atoms with Crippen LogP contribution in [0.3, 0.4) is 0 Å². The van der Waals surface area contributed by atoms with E-state index in [1.807, 2.05) is 12.3 Å². The van der Waals surface area contributed by atoms with Gasteiger partial charge in [0.25, 0.3) is 0 Å². The minimum absolute atomic E-state index is 1.05. The van der Waals surface area contributed by atoms with Crippen LogP contribution in [0, 0.1) is 0 Å². The summed E-state index contributed by atoms with van der Waals surface area (Å²) in [6, 6.07) is 8.38. The minimum Gasteiger partial charge on any atom is -0.256 e. The molecule has 0 atom stereocenters. The third kappa shape index (κ3) is 1.16. The lowest BCUT2D eigenvalue weighted by Gasteiger charge is -1.96. The first-order chi connectivity index (χ1) is 6.84. The average molecular weight is 264 g/mol. The Bertz CT molecular complexity index is 615. The number of halogens is 1. The molecule has 3 heteroatoms. The lowest BCUT2D eigenvalue weighted by atomic mass is 10.2. The van der Waals surface area contributed by atoms with Crippen LogP contribution in [0.1, 0.15) is 0 Å². The first-order valence-corrected chi connectivity index (χ1v) is 5.93. The highest BCUT2D eigenvalue weighted by Crippen LogP contribution is 2.32. The molecule has 3 rings (SSSR count). The molecule has 0 radical (unpaired) electrons. The van der Waals surface area contributed by atoms with Crippen molar-refractivity contribution in [3.05, 3.63) is 40.3 Å². The molecule has 14 heavy (non-hydrogen) atoms. The number of rotatable bonds is 0. The van der Waals surface area contributed by atoms with Crippen LogP contribution in [-0.2, 0) is 0 Å². The van der Waals surface area contributed by atoms with E-state index in [-0.39, 0.29) is 0 Å². The third-order valence-electron chi connectivity index (χ3n) is 2.25. The van der Waals surface area contributed by atoms with Gasteiger partial charge in [-0.1, -0.05) is 6.07 Å². The van der Waals surface area contributed by atoms with Crippen molar-refractivity contribution in [1.29, 1.82) is 0 Å². The second-order valence-corrected chi connectivity index (χ2v) is 4.89. The molecule has 2 aromatic heterocycles. The van der Waals surface area contributed by atoms with Crippen LogP contribution >= 0.6 is 27.3 Å². The first kappa shape index (κ1) is 8.38. The molecule has 0 aliphatic carbocycles. The predicted molar refractivity (Wildman–Crippen MR) is 64.8 cm³/mol. The van der Waals surface area contributed by atoms with E-state index >= 15 is 0 Å². The molecule has 1 nitrogen and oxygen atoms in total. The number of thiophene rings is 1. The van der Waals surface area contributed by atoms with E-state index in [4.69, 9.17) is 0 Å². The molecule has 0 N–H and O–H groups in total. The fraction of sp³-hybridized carbons (Fsp3) is 0. The summed E-state index contributed by atoms with van der Waals surface area (Å²) >= 11 is 5.29. The zero-order valence-electron chi connectivity index (χ0n) is 7.20. The van der Waals surface area contributed by atoms with Crippen LogP contribution in [-0.4, -0.2) is 4.98 Å². The van der Waals surface area contributed by atoms with Gasteiger partial charge in [-0.2, -0.15) is 0 Å². The number of benzene rings is 1. The lowest BCUT2D eigenvalue weighted by Crippen LogP contribution is -1.76. The summed E-state index contributed by atoms with van der Waals surface area (Å²) in [7, 11) is 0. The molecule has 2 heterocycles. The van der Waals surface area contributed by atoms with Crippen LogP contribution in [0.25, 0.3) is 21.0 Å². The molecule has 0 aliphatic heterocycles. The maximum Gasteiger partial charge on any atom is 0.0709 e. The Morgan fingerprint density at radius 2 is 2.21 bits per heavy atom. The standard InChI is InChI=1S/C11H6BrNS/c12-9-6-14-11-4-7-2-1-3-13-10(7)5-8(9)11/h1-6H. The van der Waals surface area contributed by atoms with Crippen molar-refractivity contribution < 1.29 is 0 Å². The van der Waals surface area contributed by atoms with Gasteiger partial charge in [-0.3, -0.25) is 4.98 Å². The summed E-state index contributed by atoms with van der Waals surface area (Å²) in [5, 5.41) is 4.57. The van der Waals surface area contributed by atoms with Gasteiger partial charge in [0.1, 0.15) is 0 Å². The van der Waals surface area contributed by atoms with E-state index < -0.39 is 0 Å². The lowest BCUT2D eigenvalue weighted by molar-refractivity contribution is 1.42. The van der Waals surface area contributed by atoms with Gasteiger partial charge in [0.05, 0.1) is 5.52 Å². The molecule has 0 spiro atoms. The highest BCUT2D eigenvalue weighted by molar-refractivity contribution is 9.10. The van der Waals surface area contributed by atoms with Crippen molar-refractivity contribution in [2.75, 3.05) is 0 Å². The maximum absolute atomic E-state index is 4.34. The number of aromatic nitrogens is 1. The zero-order chi connectivity index (χ0) is 9.54. The van der Waals surface area contributed by atoms with Gasteiger partial charge in [-0.15, -0.1) is 11.3 Å². The summed E-state index contributed by atoms with van der Waals surface area (Å²) in [6.07, 6.45) is 1.83. The number of hydrogen-bond acceptors (Lipinski definition) is 2. The molecular formula is C11H6BrNS. The molecule has 3 aromatic rings. The van der Waals surface area contributed by atoms with Gasteiger partial charge in [0, 0.05) is 31.5 Å². The summed E-state index contributed by atoms with van der Waals surface area (Å²) in [5.41, 5.74) is 1.05. The van der Waals surface area contributed by atoms with Gasteiger partial charge >= 0.3 is 0 Å². The predicted octanol–water partition coefficient (Wildman–Crippen LogP) is 4.21. The summed E-state index contributed by atoms with van der Waals surface area (Å²) in [6.45, 7) is 0. The van der Waals surface area contributed by atoms with Crippen LogP contribution in [0.5, 0.6) is 0 Å². The molecule has 0 fully saturated rings. The number of fused-ring (bicyclic) bond motifs is 2. The Hall–Kier alpha value is -0.930. The van der Waals surface area contributed by atoms with E-state index in [0.29, 0.717) is 0 Å². The van der Waals surface area contributed by atoms with Gasteiger partial charge in [0.15, 0.2) is 0 Å². The van der Waals surface area contributed by atoms with Crippen molar-refractivity contribution >= 4 is 48.3 Å². The Balaban J connectivity index is 2.54. The maximum atomic E-state index is 4.34. The van der Waals surface area contributed by atoms with Crippen molar-refractivity contribution in [3.8, 4) is 0 Å². The topological polar surface area (TPSA) is 12.9 Å². The van der Waals surface area contributed by atoms with Gasteiger partial charge in [0.2, 0.25) is 0 Å². The Kier molecular flexibility index (Phi) is 1.82. The van der Waals surface area contributed by atoms with E-state index in [0.717, 1.165) is 9.99 Å². The Morgan fingerprint density at radius 1 is 1.29 bits per heavy atom. The molecule has 68 valence electrons. The van der Waals surface area contributed by atoms with E-state index in [1.165, 1.54) is 15.5 Å². The zero-order valence-corrected chi connectivity index (χ0v) is 9.60. The van der Waals surface area contributed by atoms with E-state index in [9.17, 15) is 0 Å². The second-order valence-electron chi connectivity index (χ2n) is 3.13. The normalized spacial score (nSPS) is 11.2. The van der Waals surface area contributed by atoms with E-state index in [2.05, 4.69) is 44.5 Å². The highest BCUT2D eigenvalue weighted by atomic mass is 79.9. The minimum atomic E-state index is 1.05. The van der Waals surface area contributed by atoms with Crippen LogP contribution in [0.4, 0.5) is 0 Å². The van der Waals surface area contributed by atoms with Crippen molar-refractivity contribution in [2.45, 2.75) is 0 Å². The van der Waals surface area contributed by atoms with Crippen LogP contribution < -0.4 is 0 Å². The van der Waals surface area contributed by atoms with Gasteiger partial charge < -0.3 is 0 Å². The fourth-order valence-corrected chi connectivity index (χ4v) is 3.15. The summed E-state index contributed by atoms with van der Waals surface area (Å²) in [4.78, 5) is 4.34. The van der Waals surface area contributed by atoms with Crippen LogP contribution in [0.2, 0.25) is 0 Å². The Morgan fingerprint density at radius 3 is 3.14 bits per heavy atom. The van der Waals surface area contributed by atoms with Crippen molar-refractivity contribution in [1.82, 2.24) is 4.98 Å². The second kappa shape index (κ2) is 3.04. The smallest absolute Gasteiger partial charge is 0.0709 e. The van der Waals surface area contributed by atoms with Gasteiger partial charge in [-0.05, 0) is 34.1 Å². The Labute approximate surface area is 93.5 Å². The molecule has 0 amide bonds. The highest BCUT2D eigenvalue weighted by Gasteiger charge is 2.03.